The number of nitrogens with one attached hydrogen (secondary N) is 3. The highest BCUT2D eigenvalue weighted by atomic mass is 127. The Hall–Kier alpha value is -4.75. The number of anilines is 2. The SMILES string of the molecule is O=C(COCc1ccccc1)Nc1ccc(C(=O)NC(Cc2ccc(C(=O)Nc3ccc(OCCCCCCI)cc3)cc2)C(=O)O)cc1. The molecule has 0 fully saturated rings. The fourth-order valence-corrected chi connectivity index (χ4v) is 5.32. The van der Waals surface area contributed by atoms with Gasteiger partial charge in [0.15, 0.2) is 0 Å². The Balaban J connectivity index is 1.22. The van der Waals surface area contributed by atoms with Gasteiger partial charge in [-0.05, 0) is 89.1 Å². The maximum atomic E-state index is 12.9. The van der Waals surface area contributed by atoms with Crippen molar-refractivity contribution in [2.45, 2.75) is 44.8 Å². The number of hydrogen-bond acceptors (Lipinski definition) is 6. The lowest BCUT2D eigenvalue weighted by Gasteiger charge is -2.15. The van der Waals surface area contributed by atoms with Crippen LogP contribution in [0.1, 0.15) is 57.5 Å². The predicted molar refractivity (Wildman–Crippen MR) is 197 cm³/mol. The third-order valence-electron chi connectivity index (χ3n) is 7.44. The van der Waals surface area contributed by atoms with Crippen molar-refractivity contribution < 1.29 is 33.8 Å². The van der Waals surface area contributed by atoms with Crippen LogP contribution in [0.15, 0.2) is 103 Å². The zero-order valence-electron chi connectivity index (χ0n) is 27.0. The van der Waals surface area contributed by atoms with Gasteiger partial charge in [-0.25, -0.2) is 4.79 Å². The molecule has 0 radical (unpaired) electrons. The minimum atomic E-state index is -1.20. The average molecular weight is 778 g/mol. The number of carbonyl (C=O) groups is 4. The van der Waals surface area contributed by atoms with Crippen LogP contribution in [0, 0.1) is 0 Å². The van der Waals surface area contributed by atoms with Gasteiger partial charge in [-0.3, -0.25) is 14.4 Å². The van der Waals surface area contributed by atoms with Crippen molar-refractivity contribution in [1.29, 1.82) is 0 Å². The summed E-state index contributed by atoms with van der Waals surface area (Å²) < 4.78 is 12.4. The molecule has 0 aromatic heterocycles. The van der Waals surface area contributed by atoms with Crippen LogP contribution in [0.2, 0.25) is 0 Å². The lowest BCUT2D eigenvalue weighted by Crippen LogP contribution is -2.42. The van der Waals surface area contributed by atoms with Crippen molar-refractivity contribution >= 4 is 57.7 Å². The molecule has 1 unspecified atom stereocenters. The van der Waals surface area contributed by atoms with Crippen molar-refractivity contribution in [3.8, 4) is 5.75 Å². The number of aliphatic carboxylic acids is 1. The summed E-state index contributed by atoms with van der Waals surface area (Å²) >= 11 is 2.39. The molecule has 3 amide bonds. The third-order valence-corrected chi connectivity index (χ3v) is 8.21. The molecule has 0 aliphatic heterocycles. The lowest BCUT2D eigenvalue weighted by atomic mass is 10.0. The first-order valence-corrected chi connectivity index (χ1v) is 17.6. The van der Waals surface area contributed by atoms with Crippen LogP contribution in [-0.4, -0.2) is 52.5 Å². The summed E-state index contributed by atoms with van der Waals surface area (Å²) in [4.78, 5) is 49.9. The fourth-order valence-electron chi connectivity index (χ4n) is 4.79. The zero-order chi connectivity index (χ0) is 34.8. The number of carboxylic acid groups (broad SMARTS) is 1. The standard InChI is InChI=1S/C38H40IN3O7/c39-22-6-1-2-7-23-49-33-20-18-32(19-21-33)41-36(44)29-12-10-27(11-13-29)24-34(38(46)47)42-37(45)30-14-16-31(17-15-30)40-35(43)26-48-25-28-8-4-3-5-9-28/h3-5,8-21,34H,1-2,6-7,22-26H2,(H,40,43)(H,41,44)(H,42,45)(H,46,47). The number of alkyl halides is 1. The summed E-state index contributed by atoms with van der Waals surface area (Å²) in [6.07, 6.45) is 4.61. The molecule has 0 aliphatic rings. The Labute approximate surface area is 299 Å². The molecule has 4 N–H and O–H groups in total. The molecule has 0 heterocycles. The molecule has 10 nitrogen and oxygen atoms in total. The van der Waals surface area contributed by atoms with E-state index in [2.05, 4.69) is 38.5 Å². The molecular weight excluding hydrogens is 737 g/mol. The van der Waals surface area contributed by atoms with Gasteiger partial charge in [0.05, 0.1) is 13.2 Å². The molecule has 49 heavy (non-hydrogen) atoms. The zero-order valence-corrected chi connectivity index (χ0v) is 29.2. The van der Waals surface area contributed by atoms with Gasteiger partial charge in [-0.2, -0.15) is 0 Å². The molecule has 256 valence electrons. The van der Waals surface area contributed by atoms with E-state index in [0.717, 1.165) is 24.2 Å². The smallest absolute Gasteiger partial charge is 0.326 e. The van der Waals surface area contributed by atoms with Crippen LogP contribution < -0.4 is 20.7 Å². The largest absolute Gasteiger partial charge is 0.494 e. The van der Waals surface area contributed by atoms with Crippen molar-refractivity contribution in [3.63, 3.8) is 0 Å². The highest BCUT2D eigenvalue weighted by Crippen LogP contribution is 2.18. The third kappa shape index (κ3) is 13.0. The molecule has 11 heteroatoms. The minimum absolute atomic E-state index is 0.0137. The van der Waals surface area contributed by atoms with Crippen LogP contribution in [-0.2, 0) is 27.4 Å². The summed E-state index contributed by atoms with van der Waals surface area (Å²) in [7, 11) is 0. The topological polar surface area (TPSA) is 143 Å². The Kier molecular flexibility index (Phi) is 15.1. The van der Waals surface area contributed by atoms with Crippen molar-refractivity contribution in [1.82, 2.24) is 5.32 Å². The van der Waals surface area contributed by atoms with E-state index in [-0.39, 0.29) is 30.4 Å². The van der Waals surface area contributed by atoms with E-state index in [0.29, 0.717) is 35.7 Å². The maximum absolute atomic E-state index is 12.9. The molecule has 0 spiro atoms. The van der Waals surface area contributed by atoms with Crippen LogP contribution in [0.4, 0.5) is 11.4 Å². The number of halogens is 1. The van der Waals surface area contributed by atoms with Gasteiger partial charge in [-0.15, -0.1) is 0 Å². The quantitative estimate of drug-likeness (QED) is 0.0462. The van der Waals surface area contributed by atoms with E-state index in [1.807, 2.05) is 42.5 Å². The summed E-state index contributed by atoms with van der Waals surface area (Å²) in [5, 5.41) is 17.9. The van der Waals surface area contributed by atoms with E-state index in [1.54, 1.807) is 48.5 Å². The Morgan fingerprint density at radius 1 is 0.673 bits per heavy atom. The molecule has 4 rings (SSSR count). The molecule has 0 bridgehead atoms. The van der Waals surface area contributed by atoms with E-state index >= 15 is 0 Å². The second kappa shape index (κ2) is 19.9. The average Bonchev–Trinajstić information content (AvgIpc) is 3.11. The second-order valence-corrected chi connectivity index (χ2v) is 12.4. The second-order valence-electron chi connectivity index (χ2n) is 11.3. The minimum Gasteiger partial charge on any atom is -0.494 e. The molecule has 0 saturated carbocycles. The Morgan fingerprint density at radius 2 is 1.29 bits per heavy atom. The summed E-state index contributed by atoms with van der Waals surface area (Å²) in [6.45, 7) is 0.834. The van der Waals surface area contributed by atoms with E-state index in [4.69, 9.17) is 9.47 Å². The number of ether oxygens (including phenoxy) is 2. The van der Waals surface area contributed by atoms with Crippen molar-refractivity contribution in [3.05, 3.63) is 125 Å². The number of carboxylic acids is 1. The maximum Gasteiger partial charge on any atom is 0.326 e. The van der Waals surface area contributed by atoms with Crippen LogP contribution >= 0.6 is 22.6 Å². The van der Waals surface area contributed by atoms with Crippen molar-refractivity contribution in [2.24, 2.45) is 0 Å². The van der Waals surface area contributed by atoms with Gasteiger partial charge in [-0.1, -0.05) is 77.9 Å². The highest BCUT2D eigenvalue weighted by Gasteiger charge is 2.21. The number of carbonyl (C=O) groups excluding carboxylic acids is 3. The Bertz CT molecular complexity index is 1650. The monoisotopic (exact) mass is 777 g/mol. The predicted octanol–water partition coefficient (Wildman–Crippen LogP) is 6.89. The Morgan fingerprint density at radius 3 is 1.96 bits per heavy atom. The number of benzene rings is 4. The molecule has 4 aromatic rings. The first-order valence-electron chi connectivity index (χ1n) is 16.0. The van der Waals surface area contributed by atoms with Gasteiger partial charge in [0.25, 0.3) is 11.8 Å². The fraction of sp³-hybridized carbons (Fsp3) is 0.263. The van der Waals surface area contributed by atoms with E-state index in [1.165, 1.54) is 29.4 Å². The summed E-state index contributed by atoms with van der Waals surface area (Å²) in [6, 6.07) is 28.2. The molecule has 1 atom stereocenters. The number of unbranched alkanes of at least 4 members (excludes halogenated alkanes) is 3. The summed E-state index contributed by atoms with van der Waals surface area (Å²) in [5.41, 5.74) is 3.32. The van der Waals surface area contributed by atoms with Gasteiger partial charge in [0, 0.05) is 28.9 Å². The van der Waals surface area contributed by atoms with Crippen molar-refractivity contribution in [2.75, 3.05) is 28.3 Å². The first-order chi connectivity index (χ1) is 23.8. The molecule has 0 aliphatic carbocycles. The molecular formula is C38H40IN3O7. The molecule has 0 saturated heterocycles. The number of rotatable bonds is 19. The van der Waals surface area contributed by atoms with Gasteiger partial charge < -0.3 is 30.5 Å². The van der Waals surface area contributed by atoms with Gasteiger partial charge in [0.2, 0.25) is 5.91 Å². The van der Waals surface area contributed by atoms with Crippen LogP contribution in [0.5, 0.6) is 5.75 Å². The van der Waals surface area contributed by atoms with Crippen LogP contribution in [0.3, 0.4) is 0 Å². The van der Waals surface area contributed by atoms with Crippen LogP contribution in [0.25, 0.3) is 0 Å². The number of amides is 3. The van der Waals surface area contributed by atoms with E-state index in [9.17, 15) is 24.3 Å². The normalized spacial score (nSPS) is 11.3. The first kappa shape index (κ1) is 37.1. The van der Waals surface area contributed by atoms with Gasteiger partial charge >= 0.3 is 5.97 Å². The molecule has 4 aromatic carbocycles. The summed E-state index contributed by atoms with van der Waals surface area (Å²) in [5.74, 6) is -1.67. The lowest BCUT2D eigenvalue weighted by molar-refractivity contribution is -0.139. The number of hydrogen-bond donors (Lipinski definition) is 4. The highest BCUT2D eigenvalue weighted by molar-refractivity contribution is 14.1. The van der Waals surface area contributed by atoms with E-state index < -0.39 is 17.9 Å². The van der Waals surface area contributed by atoms with Gasteiger partial charge in [0.1, 0.15) is 18.4 Å².